The van der Waals surface area contributed by atoms with E-state index in [0.29, 0.717) is 11.1 Å². The van der Waals surface area contributed by atoms with Crippen molar-refractivity contribution >= 4 is 11.9 Å². The number of carbonyl (C=O) groups is 2. The van der Waals surface area contributed by atoms with Crippen LogP contribution in [-0.2, 0) is 43.1 Å². The van der Waals surface area contributed by atoms with Crippen LogP contribution in [0.3, 0.4) is 0 Å². The summed E-state index contributed by atoms with van der Waals surface area (Å²) in [5.41, 5.74) is -2.12. The van der Waals surface area contributed by atoms with E-state index in [9.17, 15) is 24.9 Å². The number of aliphatic hydroxyl groups excluding tert-OH is 1. The molecular weight excluding hydrogens is 512 g/mol. The molecule has 6 atom stereocenters. The van der Waals surface area contributed by atoms with Gasteiger partial charge in [-0.05, 0) is 16.7 Å². The van der Waals surface area contributed by atoms with E-state index in [2.05, 4.69) is 0 Å². The third-order valence-electron chi connectivity index (χ3n) is 7.47. The largest absolute Gasteiger partial charge is 0.465 e. The lowest BCUT2D eigenvalue weighted by atomic mass is 9.63. The summed E-state index contributed by atoms with van der Waals surface area (Å²) in [5.74, 6) is -2.42. The molecule has 1 aliphatic rings. The van der Waals surface area contributed by atoms with E-state index in [0.717, 1.165) is 5.56 Å². The van der Waals surface area contributed by atoms with Gasteiger partial charge >= 0.3 is 11.9 Å². The number of carbonyl (C=O) groups excluding carboxylic acids is 2. The molecule has 1 aliphatic heterocycles. The van der Waals surface area contributed by atoms with Crippen LogP contribution in [0.4, 0.5) is 0 Å². The van der Waals surface area contributed by atoms with Gasteiger partial charge in [-0.1, -0.05) is 91.0 Å². The molecule has 8 nitrogen and oxygen atoms in total. The Kier molecular flexibility index (Phi) is 9.37. The van der Waals surface area contributed by atoms with Gasteiger partial charge in [0, 0.05) is 33.1 Å². The molecule has 3 aromatic rings. The van der Waals surface area contributed by atoms with Crippen LogP contribution in [0.2, 0.25) is 0 Å². The van der Waals surface area contributed by atoms with Crippen molar-refractivity contribution in [3.63, 3.8) is 0 Å². The summed E-state index contributed by atoms with van der Waals surface area (Å²) in [7, 11) is 0. The number of benzene rings is 3. The Morgan fingerprint density at radius 3 is 1.73 bits per heavy atom. The summed E-state index contributed by atoms with van der Waals surface area (Å²) in [4.78, 5) is 24.2. The fourth-order valence-electron chi connectivity index (χ4n) is 5.53. The van der Waals surface area contributed by atoms with E-state index in [1.54, 1.807) is 48.5 Å². The van der Waals surface area contributed by atoms with Gasteiger partial charge in [0.05, 0.1) is 24.7 Å². The third kappa shape index (κ3) is 6.59. The van der Waals surface area contributed by atoms with E-state index < -0.39 is 47.6 Å². The molecule has 1 heterocycles. The molecule has 0 aliphatic carbocycles. The second-order valence-corrected chi connectivity index (χ2v) is 10.4. The number of rotatable bonds is 10. The van der Waals surface area contributed by atoms with Gasteiger partial charge < -0.3 is 29.5 Å². The highest BCUT2D eigenvalue weighted by Gasteiger charge is 2.67. The van der Waals surface area contributed by atoms with E-state index in [-0.39, 0.29) is 25.9 Å². The van der Waals surface area contributed by atoms with Gasteiger partial charge in [-0.15, -0.1) is 0 Å². The van der Waals surface area contributed by atoms with E-state index in [4.69, 9.17) is 14.2 Å². The van der Waals surface area contributed by atoms with Crippen molar-refractivity contribution in [3.05, 3.63) is 108 Å². The van der Waals surface area contributed by atoms with Gasteiger partial charge in [0.2, 0.25) is 6.29 Å². The number of ether oxygens (including phenoxy) is 3. The zero-order valence-corrected chi connectivity index (χ0v) is 22.7. The lowest BCUT2D eigenvalue weighted by Crippen LogP contribution is -2.76. The molecular formula is C32H36O8. The van der Waals surface area contributed by atoms with E-state index in [1.165, 1.54) is 13.8 Å². The van der Waals surface area contributed by atoms with Crippen LogP contribution < -0.4 is 0 Å². The maximum absolute atomic E-state index is 12.7. The molecule has 1 unspecified atom stereocenters. The molecule has 8 heteroatoms. The molecule has 0 amide bonds. The molecule has 0 bridgehead atoms. The number of esters is 2. The molecule has 0 aromatic heterocycles. The minimum Gasteiger partial charge on any atom is -0.465 e. The second kappa shape index (κ2) is 12.7. The third-order valence-corrected chi connectivity index (χ3v) is 7.47. The van der Waals surface area contributed by atoms with Crippen molar-refractivity contribution in [1.82, 2.24) is 0 Å². The van der Waals surface area contributed by atoms with Crippen LogP contribution in [-0.4, -0.2) is 63.6 Å². The molecule has 40 heavy (non-hydrogen) atoms. The van der Waals surface area contributed by atoms with Gasteiger partial charge in [0.1, 0.15) is 5.60 Å². The number of aliphatic hydroxyl groups is 3. The van der Waals surface area contributed by atoms with Crippen LogP contribution in [0.1, 0.15) is 30.5 Å². The predicted octanol–water partition coefficient (Wildman–Crippen LogP) is 3.00. The molecule has 1 fully saturated rings. The van der Waals surface area contributed by atoms with Gasteiger partial charge in [-0.3, -0.25) is 9.59 Å². The zero-order valence-electron chi connectivity index (χ0n) is 22.7. The predicted molar refractivity (Wildman–Crippen MR) is 147 cm³/mol. The fraction of sp³-hybridized carbons (Fsp3) is 0.375. The van der Waals surface area contributed by atoms with Crippen LogP contribution in [0.15, 0.2) is 91.0 Å². The maximum Gasteiger partial charge on any atom is 0.305 e. The molecule has 1 saturated heterocycles. The van der Waals surface area contributed by atoms with Crippen molar-refractivity contribution < 1.29 is 39.1 Å². The fourth-order valence-corrected chi connectivity index (χ4v) is 5.53. The molecule has 212 valence electrons. The molecule has 0 saturated carbocycles. The summed E-state index contributed by atoms with van der Waals surface area (Å²) in [5, 5.41) is 36.7. The summed E-state index contributed by atoms with van der Waals surface area (Å²) in [6.45, 7) is 2.08. The lowest BCUT2D eigenvalue weighted by Gasteiger charge is -2.57. The number of hydrogen-bond acceptors (Lipinski definition) is 8. The van der Waals surface area contributed by atoms with Crippen molar-refractivity contribution in [3.8, 4) is 0 Å². The van der Waals surface area contributed by atoms with Gasteiger partial charge in [-0.2, -0.15) is 0 Å². The first kappa shape index (κ1) is 29.4. The van der Waals surface area contributed by atoms with Crippen molar-refractivity contribution in [1.29, 1.82) is 0 Å². The summed E-state index contributed by atoms with van der Waals surface area (Å²) >= 11 is 0. The van der Waals surface area contributed by atoms with Crippen LogP contribution >= 0.6 is 0 Å². The minimum atomic E-state index is -2.19. The van der Waals surface area contributed by atoms with E-state index >= 15 is 0 Å². The molecule has 0 radical (unpaired) electrons. The Bertz CT molecular complexity index is 1250. The Balaban J connectivity index is 1.85. The van der Waals surface area contributed by atoms with Crippen molar-refractivity contribution in [2.24, 2.45) is 5.92 Å². The molecule has 4 rings (SSSR count). The normalized spacial score (nSPS) is 27.0. The lowest BCUT2D eigenvalue weighted by molar-refractivity contribution is -0.364. The maximum atomic E-state index is 12.7. The van der Waals surface area contributed by atoms with Crippen LogP contribution in [0.5, 0.6) is 0 Å². The van der Waals surface area contributed by atoms with Gasteiger partial charge in [-0.25, -0.2) is 0 Å². The molecule has 0 spiro atoms. The first-order valence-electron chi connectivity index (χ1n) is 13.3. The second-order valence-electron chi connectivity index (χ2n) is 10.4. The first-order chi connectivity index (χ1) is 19.1. The van der Waals surface area contributed by atoms with Crippen LogP contribution in [0, 0.1) is 5.92 Å². The SMILES string of the molecule is CC(=O)OC[C@@H]1[C@@H](C(O)Cc2ccccc2)O[C@H](OC(C)=O)[C@@](O)(Cc2ccccc2)[C@]1(O)Cc1ccccc1. The van der Waals surface area contributed by atoms with Crippen LogP contribution in [0.25, 0.3) is 0 Å². The standard InChI is InChI=1S/C32H36O8/c1-22(33)38-21-27-29(28(35)18-24-12-6-3-7-13-24)40-30(39-23(2)34)32(37,20-26-16-10-5-11-17-26)31(27,36)19-25-14-8-4-9-15-25/h3-17,27-30,35-37H,18-21H2,1-2H3/t27-,28?,29+,30+,31+,32+/m1/s1. The quantitative estimate of drug-likeness (QED) is 0.331. The summed E-state index contributed by atoms with van der Waals surface area (Å²) < 4.78 is 17.1. The summed E-state index contributed by atoms with van der Waals surface area (Å²) in [6.07, 6.45) is -4.11. The Morgan fingerprint density at radius 1 is 0.775 bits per heavy atom. The number of hydrogen-bond donors (Lipinski definition) is 3. The molecule has 3 N–H and O–H groups in total. The topological polar surface area (TPSA) is 123 Å². The van der Waals surface area contributed by atoms with Gasteiger partial charge in [0.15, 0.2) is 5.60 Å². The highest BCUT2D eigenvalue weighted by atomic mass is 16.7. The molecule has 3 aromatic carbocycles. The van der Waals surface area contributed by atoms with Gasteiger partial charge in [0.25, 0.3) is 0 Å². The van der Waals surface area contributed by atoms with Crippen molar-refractivity contribution in [2.45, 2.75) is 62.8 Å². The average molecular weight is 549 g/mol. The smallest absolute Gasteiger partial charge is 0.305 e. The zero-order chi connectivity index (χ0) is 28.8. The highest BCUT2D eigenvalue weighted by molar-refractivity contribution is 5.66. The average Bonchev–Trinajstić information content (AvgIpc) is 2.92. The Morgan fingerprint density at radius 2 is 1.25 bits per heavy atom. The summed E-state index contributed by atoms with van der Waals surface area (Å²) in [6, 6.07) is 27.2. The Labute approximate surface area is 234 Å². The highest BCUT2D eigenvalue weighted by Crippen LogP contribution is 2.47. The van der Waals surface area contributed by atoms with E-state index in [1.807, 2.05) is 42.5 Å². The minimum absolute atomic E-state index is 0.0984. The van der Waals surface area contributed by atoms with Crippen molar-refractivity contribution in [2.75, 3.05) is 6.61 Å². The Hall–Kier alpha value is -3.56. The monoisotopic (exact) mass is 548 g/mol. The first-order valence-corrected chi connectivity index (χ1v) is 13.3.